The molecular weight excluding hydrogens is 543 g/mol. The zero-order valence-corrected chi connectivity index (χ0v) is 21.5. The first-order valence-electron chi connectivity index (χ1n) is 9.73. The predicted octanol–water partition coefficient (Wildman–Crippen LogP) is 0.206. The molecule has 15 heteroatoms. The third-order valence-corrected chi connectivity index (χ3v) is 9.65. The van der Waals surface area contributed by atoms with E-state index in [1.54, 1.807) is 24.0 Å². The number of anilines is 1. The van der Waals surface area contributed by atoms with Gasteiger partial charge in [-0.2, -0.15) is 0 Å². The summed E-state index contributed by atoms with van der Waals surface area (Å²) in [5.41, 5.74) is 0.299. The number of hydrogen-bond acceptors (Lipinski definition) is 11. The van der Waals surface area contributed by atoms with Crippen molar-refractivity contribution in [3.8, 4) is 0 Å². The molecule has 2 aliphatic heterocycles. The summed E-state index contributed by atoms with van der Waals surface area (Å²) in [5.74, 6) is -2.44. The van der Waals surface area contributed by atoms with E-state index in [0.29, 0.717) is 15.4 Å². The number of thioether (sulfide) groups is 2. The average molecular weight is 559 g/mol. The summed E-state index contributed by atoms with van der Waals surface area (Å²) in [5, 5.41) is 9.55. The van der Waals surface area contributed by atoms with E-state index in [4.69, 9.17) is 17.3 Å². The Bertz CT molecular complexity index is 1510. The largest absolute Gasteiger partial charge is 0.748 e. The predicted molar refractivity (Wildman–Crippen MR) is 134 cm³/mol. The van der Waals surface area contributed by atoms with Crippen LogP contribution in [0.15, 0.2) is 34.0 Å². The van der Waals surface area contributed by atoms with Gasteiger partial charge in [-0.25, -0.2) is 8.42 Å². The lowest BCUT2D eigenvalue weighted by Crippen LogP contribution is -2.36. The lowest BCUT2D eigenvalue weighted by Gasteiger charge is -2.20. The SMILES string of the molecule is CCn1c(=O)/c(=C2\Sc3ccccc3N2CCS(=O)(=O)[O-])s/c1=C1/SC(=S)N(CC(=O)O)C1=O. The molecule has 2 aromatic rings. The van der Waals surface area contributed by atoms with Crippen LogP contribution < -0.4 is 19.7 Å². The maximum atomic E-state index is 13.4. The summed E-state index contributed by atoms with van der Waals surface area (Å²) in [6.45, 7) is 1.27. The van der Waals surface area contributed by atoms with Crippen molar-refractivity contribution in [3.63, 3.8) is 0 Å². The number of thiocarbonyl (C=S) groups is 1. The summed E-state index contributed by atoms with van der Waals surface area (Å²) < 4.78 is 36.0. The molecule has 34 heavy (non-hydrogen) atoms. The van der Waals surface area contributed by atoms with Crippen LogP contribution in [0.1, 0.15) is 6.92 Å². The van der Waals surface area contributed by atoms with Crippen molar-refractivity contribution in [2.24, 2.45) is 0 Å². The molecule has 0 atom stereocenters. The van der Waals surface area contributed by atoms with E-state index in [1.807, 2.05) is 12.1 Å². The van der Waals surface area contributed by atoms with E-state index in [1.165, 1.54) is 16.3 Å². The van der Waals surface area contributed by atoms with Gasteiger partial charge >= 0.3 is 5.97 Å². The highest BCUT2D eigenvalue weighted by Gasteiger charge is 2.36. The number of hydrogen-bond donors (Lipinski definition) is 1. The second kappa shape index (κ2) is 9.47. The molecule has 180 valence electrons. The molecule has 4 rings (SSSR count). The van der Waals surface area contributed by atoms with Gasteiger partial charge in [0.05, 0.1) is 21.6 Å². The minimum atomic E-state index is -4.49. The topological polar surface area (TPSA) is 140 Å². The number of carboxylic acids is 1. The highest BCUT2D eigenvalue weighted by atomic mass is 32.2. The van der Waals surface area contributed by atoms with Crippen LogP contribution in [0.4, 0.5) is 5.69 Å². The van der Waals surface area contributed by atoms with E-state index in [9.17, 15) is 27.4 Å². The van der Waals surface area contributed by atoms with Crippen LogP contribution in [0.5, 0.6) is 0 Å². The number of nitrogens with zero attached hydrogens (tertiary/aromatic N) is 3. The van der Waals surface area contributed by atoms with Crippen LogP contribution >= 0.6 is 47.1 Å². The Balaban J connectivity index is 1.92. The molecule has 10 nitrogen and oxygen atoms in total. The second-order valence-corrected chi connectivity index (χ2v) is 12.3. The molecular formula is C19H16N3O7S5-. The zero-order chi connectivity index (χ0) is 24.8. The third kappa shape index (κ3) is 4.67. The van der Waals surface area contributed by atoms with Crippen molar-refractivity contribution in [3.05, 3.63) is 43.8 Å². The molecule has 1 aromatic carbocycles. The smallest absolute Gasteiger partial charge is 0.323 e. The van der Waals surface area contributed by atoms with Crippen molar-refractivity contribution >= 4 is 89.0 Å². The van der Waals surface area contributed by atoms with E-state index in [-0.39, 0.29) is 32.4 Å². The van der Waals surface area contributed by atoms with Crippen molar-refractivity contribution < 1.29 is 27.7 Å². The van der Waals surface area contributed by atoms with E-state index < -0.39 is 34.3 Å². The van der Waals surface area contributed by atoms with Gasteiger partial charge in [0.2, 0.25) is 0 Å². The van der Waals surface area contributed by atoms with E-state index in [2.05, 4.69) is 0 Å². The molecule has 1 amide bonds. The fraction of sp³-hybridized carbons (Fsp3) is 0.263. The van der Waals surface area contributed by atoms with Crippen molar-refractivity contribution in [1.29, 1.82) is 0 Å². The quantitative estimate of drug-likeness (QED) is 0.384. The van der Waals surface area contributed by atoms with Crippen LogP contribution in [0.3, 0.4) is 0 Å². The molecule has 0 unspecified atom stereocenters. The van der Waals surface area contributed by atoms with Crippen LogP contribution in [-0.2, 0) is 26.3 Å². The molecule has 3 heterocycles. The fourth-order valence-corrected chi connectivity index (χ4v) is 7.77. The molecule has 0 spiro atoms. The number of carbonyl (C=O) groups excluding carboxylic acids is 1. The van der Waals surface area contributed by atoms with Gasteiger partial charge < -0.3 is 14.6 Å². The van der Waals surface area contributed by atoms with Gasteiger partial charge in [0.15, 0.2) is 0 Å². The summed E-state index contributed by atoms with van der Waals surface area (Å²) in [7, 11) is -4.49. The summed E-state index contributed by atoms with van der Waals surface area (Å²) in [6, 6.07) is 7.18. The van der Waals surface area contributed by atoms with Gasteiger partial charge in [0.25, 0.3) is 11.5 Å². The Hall–Kier alpha value is -2.17. The Labute approximate surface area is 211 Å². The van der Waals surface area contributed by atoms with Crippen LogP contribution in [0, 0.1) is 0 Å². The van der Waals surface area contributed by atoms with Gasteiger partial charge in [-0.15, -0.1) is 11.3 Å². The van der Waals surface area contributed by atoms with E-state index in [0.717, 1.165) is 32.9 Å². The van der Waals surface area contributed by atoms with Crippen LogP contribution in [0.25, 0.3) is 9.93 Å². The monoisotopic (exact) mass is 558 g/mol. The highest BCUT2D eigenvalue weighted by Crippen LogP contribution is 2.46. The standard InChI is InChI=1S/C19H17N3O7S5/c1-2-20-15(25)13(32-17(20)14-16(26)22(9-12(23)24)19(30)33-14)18-21(7-8-34(27,28)29)10-5-3-4-6-11(10)31-18/h3-6H,2,7-9H2,1H3,(H,23,24)(H,27,28,29)/p-1/b17-14+,18-13+. The molecule has 0 aliphatic carbocycles. The number of benzene rings is 1. The molecule has 2 aliphatic rings. The summed E-state index contributed by atoms with van der Waals surface area (Å²) in [6.07, 6.45) is 0. The number of thiazole rings is 1. The fourth-order valence-electron chi connectivity index (χ4n) is 3.43. The number of aliphatic carboxylic acids is 1. The Kier molecular flexibility index (Phi) is 6.94. The molecule has 0 radical (unpaired) electrons. The number of fused-ring (bicyclic) bond motifs is 1. The van der Waals surface area contributed by atoms with Crippen molar-refractivity contribution in [2.45, 2.75) is 18.4 Å². The maximum Gasteiger partial charge on any atom is 0.323 e. The van der Waals surface area contributed by atoms with Crippen molar-refractivity contribution in [2.75, 3.05) is 23.7 Å². The molecule has 1 N–H and O–H groups in total. The molecule has 0 bridgehead atoms. The number of aromatic nitrogens is 1. The van der Waals surface area contributed by atoms with Crippen LogP contribution in [0.2, 0.25) is 0 Å². The summed E-state index contributed by atoms with van der Waals surface area (Å²) >= 11 is 8.43. The second-order valence-electron chi connectivity index (χ2n) is 7.06. The number of carbonyl (C=O) groups is 2. The molecule has 0 saturated carbocycles. The highest BCUT2D eigenvalue weighted by molar-refractivity contribution is 8.30. The number of carboxylic acid groups (broad SMARTS) is 1. The molecule has 1 fully saturated rings. The first-order valence-corrected chi connectivity index (χ1v) is 14.2. The number of rotatable bonds is 6. The van der Waals surface area contributed by atoms with E-state index >= 15 is 0 Å². The third-order valence-electron chi connectivity index (χ3n) is 4.90. The Morgan fingerprint density at radius 3 is 2.53 bits per heavy atom. The van der Waals surface area contributed by atoms with Gasteiger partial charge in [0, 0.05) is 18.0 Å². The molecule has 1 saturated heterocycles. The van der Waals surface area contributed by atoms with Gasteiger partial charge in [-0.3, -0.25) is 23.9 Å². The minimum Gasteiger partial charge on any atom is -0.748 e. The lowest BCUT2D eigenvalue weighted by atomic mass is 10.3. The molecule has 1 aromatic heterocycles. The average Bonchev–Trinajstić information content (AvgIpc) is 3.38. The number of amides is 1. The first-order chi connectivity index (χ1) is 16.0. The normalized spacial score (nSPS) is 19.2. The number of para-hydroxylation sites is 1. The van der Waals surface area contributed by atoms with Gasteiger partial charge in [0.1, 0.15) is 30.0 Å². The zero-order valence-electron chi connectivity index (χ0n) is 17.4. The van der Waals surface area contributed by atoms with Crippen molar-refractivity contribution in [1.82, 2.24) is 9.47 Å². The van der Waals surface area contributed by atoms with Gasteiger partial charge in [-0.05, 0) is 19.1 Å². The first kappa shape index (κ1) is 24.9. The summed E-state index contributed by atoms with van der Waals surface area (Å²) in [4.78, 5) is 40.9. The minimum absolute atomic E-state index is 0.0880. The lowest BCUT2D eigenvalue weighted by molar-refractivity contribution is -0.140. The van der Waals surface area contributed by atoms with Gasteiger partial charge in [-0.1, -0.05) is 47.9 Å². The van der Waals surface area contributed by atoms with Crippen LogP contribution in [-0.4, -0.2) is 62.6 Å². The Morgan fingerprint density at radius 1 is 1.18 bits per heavy atom. The maximum absolute atomic E-state index is 13.4. The Morgan fingerprint density at radius 2 is 1.88 bits per heavy atom.